The zero-order chi connectivity index (χ0) is 12.1. The summed E-state index contributed by atoms with van der Waals surface area (Å²) in [4.78, 5) is 3.32. The van der Waals surface area contributed by atoms with E-state index in [9.17, 15) is 0 Å². The second kappa shape index (κ2) is 5.39. The lowest BCUT2D eigenvalue weighted by Crippen LogP contribution is -2.38. The molecule has 1 aliphatic carbocycles. The molecule has 86 valence electrons. The van der Waals surface area contributed by atoms with E-state index in [1.807, 2.05) is 43.4 Å². The first-order valence-electron chi connectivity index (χ1n) is 5.65. The van der Waals surface area contributed by atoms with Gasteiger partial charge in [0.05, 0.1) is 0 Å². The molecule has 1 aromatic carbocycles. The van der Waals surface area contributed by atoms with E-state index in [0.717, 1.165) is 12.1 Å². The van der Waals surface area contributed by atoms with Crippen LogP contribution in [0.1, 0.15) is 12.5 Å². The first kappa shape index (κ1) is 11.5. The lowest BCUT2D eigenvalue weighted by Gasteiger charge is -2.16. The maximum Gasteiger partial charge on any atom is 0.312 e. The zero-order valence-corrected chi connectivity index (χ0v) is 9.80. The minimum Gasteiger partial charge on any atom is -0.361 e. The smallest absolute Gasteiger partial charge is 0.312 e. The predicted molar refractivity (Wildman–Crippen MR) is 68.6 cm³/mol. The molecule has 1 aliphatic rings. The molecule has 3 heteroatoms. The molecular formula is C14H15N3. The minimum atomic E-state index is -0.00907. The molecule has 0 bridgehead atoms. The van der Waals surface area contributed by atoms with E-state index >= 15 is 0 Å². The molecule has 1 unspecified atom stereocenters. The summed E-state index contributed by atoms with van der Waals surface area (Å²) in [6.07, 6.45) is 5.73. The van der Waals surface area contributed by atoms with Crippen molar-refractivity contribution in [3.8, 4) is 0 Å². The van der Waals surface area contributed by atoms with Crippen LogP contribution in [-0.4, -0.2) is 16.5 Å². The van der Waals surface area contributed by atoms with Crippen LogP contribution in [0, 0.1) is 0 Å². The van der Waals surface area contributed by atoms with Crippen LogP contribution in [0.4, 0.5) is 0 Å². The summed E-state index contributed by atoms with van der Waals surface area (Å²) in [6, 6.07) is 10.2. The Morgan fingerprint density at radius 1 is 1.29 bits per heavy atom. The van der Waals surface area contributed by atoms with E-state index in [1.54, 1.807) is 0 Å². The summed E-state index contributed by atoms with van der Waals surface area (Å²) >= 11 is 0. The molecule has 17 heavy (non-hydrogen) atoms. The van der Waals surface area contributed by atoms with Gasteiger partial charge in [-0.15, -0.1) is 0 Å². The van der Waals surface area contributed by atoms with Crippen LogP contribution in [-0.2, 0) is 6.54 Å². The highest BCUT2D eigenvalue weighted by Gasteiger charge is 2.24. The standard InChI is InChI=1S/C14H15N3/c1-11-6-5-9-13(17-15)14(11)16-10-12-7-3-2-4-8-12/h2-9,14,16H,10H2,1H3. The van der Waals surface area contributed by atoms with Crippen molar-refractivity contribution in [2.24, 2.45) is 0 Å². The summed E-state index contributed by atoms with van der Waals surface area (Å²) in [6.45, 7) is 2.78. The van der Waals surface area contributed by atoms with E-state index in [2.05, 4.69) is 22.2 Å². The highest BCUT2D eigenvalue weighted by Crippen LogP contribution is 2.10. The van der Waals surface area contributed by atoms with E-state index in [0.29, 0.717) is 5.71 Å². The Morgan fingerprint density at radius 2 is 2.06 bits per heavy atom. The first-order valence-corrected chi connectivity index (χ1v) is 5.65. The monoisotopic (exact) mass is 225 g/mol. The molecule has 1 atom stereocenters. The van der Waals surface area contributed by atoms with Gasteiger partial charge in [0.1, 0.15) is 6.04 Å². The number of hydrogen-bond acceptors (Lipinski definition) is 1. The Balaban J connectivity index is 2.06. The molecule has 0 saturated heterocycles. The Hall–Kier alpha value is -1.96. The highest BCUT2D eigenvalue weighted by molar-refractivity contribution is 5.98. The van der Waals surface area contributed by atoms with Crippen molar-refractivity contribution in [1.29, 1.82) is 0 Å². The van der Waals surface area contributed by atoms with Gasteiger partial charge in [0.25, 0.3) is 0 Å². The molecule has 0 spiro atoms. The van der Waals surface area contributed by atoms with Crippen LogP contribution in [0.5, 0.6) is 0 Å². The molecule has 2 rings (SSSR count). The minimum absolute atomic E-state index is 0.00907. The van der Waals surface area contributed by atoms with Crippen LogP contribution >= 0.6 is 0 Å². The topological polar surface area (TPSA) is 48.4 Å². The largest absolute Gasteiger partial charge is 0.361 e. The van der Waals surface area contributed by atoms with Gasteiger partial charge in [-0.05, 0) is 18.1 Å². The van der Waals surface area contributed by atoms with Gasteiger partial charge >= 0.3 is 5.71 Å². The van der Waals surface area contributed by atoms with Gasteiger partial charge in [-0.2, -0.15) is 4.79 Å². The second-order valence-corrected chi connectivity index (χ2v) is 4.09. The van der Waals surface area contributed by atoms with Gasteiger partial charge in [-0.1, -0.05) is 42.5 Å². The third-order valence-corrected chi connectivity index (χ3v) is 2.85. The molecule has 0 aromatic heterocycles. The normalized spacial score (nSPS) is 18.8. The average Bonchev–Trinajstić information content (AvgIpc) is 2.38. The van der Waals surface area contributed by atoms with Gasteiger partial charge in [-0.3, -0.25) is 5.32 Å². The zero-order valence-electron chi connectivity index (χ0n) is 9.80. The lowest BCUT2D eigenvalue weighted by atomic mass is 9.98. The maximum atomic E-state index is 8.95. The number of nitrogens with zero attached hydrogens (tertiary/aromatic N) is 2. The Morgan fingerprint density at radius 3 is 2.76 bits per heavy atom. The number of rotatable bonds is 3. The fraction of sp³-hybridized carbons (Fsp3) is 0.214. The van der Waals surface area contributed by atoms with Crippen molar-refractivity contribution in [3.05, 3.63) is 65.2 Å². The number of nitrogens with one attached hydrogen (secondary N) is 1. The maximum absolute atomic E-state index is 8.95. The predicted octanol–water partition coefficient (Wildman–Crippen LogP) is 2.33. The summed E-state index contributed by atoms with van der Waals surface area (Å²) < 4.78 is 0. The number of allylic oxidation sites excluding steroid dienone is 2. The van der Waals surface area contributed by atoms with Gasteiger partial charge in [0.2, 0.25) is 0 Å². The van der Waals surface area contributed by atoms with Crippen molar-refractivity contribution >= 4 is 5.71 Å². The molecule has 0 saturated carbocycles. The van der Waals surface area contributed by atoms with Gasteiger partial charge in [0, 0.05) is 12.6 Å². The highest BCUT2D eigenvalue weighted by atomic mass is 15.0. The fourth-order valence-corrected chi connectivity index (χ4v) is 1.90. The average molecular weight is 225 g/mol. The van der Waals surface area contributed by atoms with Gasteiger partial charge in [-0.25, -0.2) is 0 Å². The molecule has 0 amide bonds. The van der Waals surface area contributed by atoms with Crippen LogP contribution in [0.15, 0.2) is 54.1 Å². The number of hydrogen-bond donors (Lipinski definition) is 1. The molecular weight excluding hydrogens is 210 g/mol. The number of benzene rings is 1. The van der Waals surface area contributed by atoms with E-state index in [4.69, 9.17) is 5.53 Å². The summed E-state index contributed by atoms with van der Waals surface area (Å²) in [5, 5.41) is 3.38. The van der Waals surface area contributed by atoms with Crippen LogP contribution in [0.25, 0.3) is 5.53 Å². The van der Waals surface area contributed by atoms with Gasteiger partial charge < -0.3 is 5.53 Å². The second-order valence-electron chi connectivity index (χ2n) is 4.09. The van der Waals surface area contributed by atoms with Crippen molar-refractivity contribution < 1.29 is 4.79 Å². The Labute approximate surface area is 101 Å². The van der Waals surface area contributed by atoms with Crippen LogP contribution < -0.4 is 5.32 Å². The lowest BCUT2D eigenvalue weighted by molar-refractivity contribution is -0.00794. The molecule has 1 aromatic rings. The molecule has 0 fully saturated rings. The first-order chi connectivity index (χ1) is 8.31. The fourth-order valence-electron chi connectivity index (χ4n) is 1.90. The third-order valence-electron chi connectivity index (χ3n) is 2.85. The van der Waals surface area contributed by atoms with Crippen molar-refractivity contribution in [2.75, 3.05) is 0 Å². The van der Waals surface area contributed by atoms with E-state index in [-0.39, 0.29) is 6.04 Å². The third kappa shape index (κ3) is 2.78. The van der Waals surface area contributed by atoms with E-state index < -0.39 is 0 Å². The quantitative estimate of drug-likeness (QED) is 0.623. The SMILES string of the molecule is CC1=CC=CC(=[N+]=[N-])C1NCc1ccccc1. The summed E-state index contributed by atoms with van der Waals surface area (Å²) in [5.41, 5.74) is 12.0. The summed E-state index contributed by atoms with van der Waals surface area (Å²) in [5.74, 6) is 0. The van der Waals surface area contributed by atoms with Crippen molar-refractivity contribution in [3.63, 3.8) is 0 Å². The van der Waals surface area contributed by atoms with Crippen molar-refractivity contribution in [2.45, 2.75) is 19.5 Å². The Bertz CT molecular complexity index is 493. The summed E-state index contributed by atoms with van der Waals surface area (Å²) in [7, 11) is 0. The molecule has 0 radical (unpaired) electrons. The molecule has 3 nitrogen and oxygen atoms in total. The van der Waals surface area contributed by atoms with Crippen LogP contribution in [0.3, 0.4) is 0 Å². The van der Waals surface area contributed by atoms with Gasteiger partial charge in [0.15, 0.2) is 0 Å². The molecule has 0 heterocycles. The molecule has 1 N–H and O–H groups in total. The van der Waals surface area contributed by atoms with E-state index in [1.165, 1.54) is 5.56 Å². The van der Waals surface area contributed by atoms with Crippen LogP contribution in [0.2, 0.25) is 0 Å². The Kier molecular flexibility index (Phi) is 3.66. The molecule has 0 aliphatic heterocycles. The van der Waals surface area contributed by atoms with Crippen molar-refractivity contribution in [1.82, 2.24) is 5.32 Å².